The lowest BCUT2D eigenvalue weighted by atomic mass is 10.1. The molecule has 1 aliphatic heterocycles. The van der Waals surface area contributed by atoms with E-state index in [1.807, 2.05) is 0 Å². The van der Waals surface area contributed by atoms with Crippen molar-refractivity contribution in [2.75, 3.05) is 17.3 Å². The molecule has 34 heavy (non-hydrogen) atoms. The number of nitrogens with zero attached hydrogens (tertiary/aromatic N) is 2. The quantitative estimate of drug-likeness (QED) is 0.527. The predicted octanol–water partition coefficient (Wildman–Crippen LogP) is 4.34. The lowest BCUT2D eigenvalue weighted by Crippen LogP contribution is -2.37. The molecule has 1 aliphatic rings. The van der Waals surface area contributed by atoms with E-state index in [0.29, 0.717) is 22.7 Å². The highest BCUT2D eigenvalue weighted by Gasteiger charge is 2.46. The number of benzene rings is 3. The average molecular weight is 465 g/mol. The van der Waals surface area contributed by atoms with E-state index in [9.17, 15) is 23.2 Å². The maximum Gasteiger partial charge on any atom is 0.332 e. The monoisotopic (exact) mass is 465 g/mol. The molecule has 7 nitrogen and oxygen atoms in total. The maximum atomic E-state index is 13.3. The molecule has 0 spiro atoms. The van der Waals surface area contributed by atoms with Crippen LogP contribution in [0, 0.1) is 11.6 Å². The summed E-state index contributed by atoms with van der Waals surface area (Å²) in [5, 5.41) is 2.61. The van der Waals surface area contributed by atoms with Gasteiger partial charge in [-0.25, -0.2) is 18.5 Å². The van der Waals surface area contributed by atoms with Gasteiger partial charge in [-0.3, -0.25) is 9.59 Å². The molecule has 3 aromatic carbocycles. The van der Waals surface area contributed by atoms with Gasteiger partial charge in [0.15, 0.2) is 0 Å². The van der Waals surface area contributed by atoms with Gasteiger partial charge in [0.05, 0.1) is 19.2 Å². The van der Waals surface area contributed by atoms with Crippen LogP contribution in [0.4, 0.5) is 25.0 Å². The van der Waals surface area contributed by atoms with Crippen molar-refractivity contribution in [3.8, 4) is 5.75 Å². The molecule has 0 bridgehead atoms. The number of anilines is 2. The van der Waals surface area contributed by atoms with Crippen LogP contribution in [0.3, 0.4) is 0 Å². The minimum atomic E-state index is -1.08. The minimum absolute atomic E-state index is 0.00596. The summed E-state index contributed by atoms with van der Waals surface area (Å²) in [6, 6.07) is 15.4. The van der Waals surface area contributed by atoms with Crippen molar-refractivity contribution in [3.05, 3.63) is 90.0 Å². The number of imide groups is 1. The second-order valence-electron chi connectivity index (χ2n) is 7.68. The number of carbonyl (C=O) groups excluding carboxylic acids is 3. The molecular weight excluding hydrogens is 444 g/mol. The molecule has 0 aliphatic carbocycles. The van der Waals surface area contributed by atoms with Gasteiger partial charge in [0.2, 0.25) is 5.91 Å². The Morgan fingerprint density at radius 2 is 1.50 bits per heavy atom. The van der Waals surface area contributed by atoms with Gasteiger partial charge in [-0.05, 0) is 66.2 Å². The summed E-state index contributed by atoms with van der Waals surface area (Å²) in [4.78, 5) is 41.6. The van der Waals surface area contributed by atoms with Crippen LogP contribution < -0.4 is 15.0 Å². The Labute approximate surface area is 194 Å². The maximum absolute atomic E-state index is 13.3. The van der Waals surface area contributed by atoms with E-state index >= 15 is 0 Å². The molecule has 0 radical (unpaired) electrons. The number of urea groups is 1. The predicted molar refractivity (Wildman–Crippen MR) is 121 cm³/mol. The fraction of sp³-hybridized carbons (Fsp3) is 0.160. The van der Waals surface area contributed by atoms with Gasteiger partial charge in [0, 0.05) is 12.2 Å². The van der Waals surface area contributed by atoms with E-state index in [0.717, 1.165) is 4.90 Å². The third kappa shape index (κ3) is 4.88. The van der Waals surface area contributed by atoms with E-state index in [1.54, 1.807) is 24.3 Å². The van der Waals surface area contributed by atoms with Crippen molar-refractivity contribution < 1.29 is 27.9 Å². The molecule has 1 unspecified atom stereocenters. The number of carbonyl (C=O) groups is 3. The zero-order chi connectivity index (χ0) is 24.2. The molecule has 1 heterocycles. The van der Waals surface area contributed by atoms with E-state index in [4.69, 9.17) is 4.74 Å². The van der Waals surface area contributed by atoms with E-state index < -0.39 is 35.5 Å². The number of hydrogen-bond donors (Lipinski definition) is 1. The fourth-order valence-corrected chi connectivity index (χ4v) is 3.69. The summed E-state index contributed by atoms with van der Waals surface area (Å²) in [5.41, 5.74) is 1.30. The minimum Gasteiger partial charge on any atom is -0.497 e. The molecule has 1 atom stereocenters. The van der Waals surface area contributed by atoms with Crippen molar-refractivity contribution in [1.29, 1.82) is 0 Å². The summed E-state index contributed by atoms with van der Waals surface area (Å²) in [7, 11) is 1.50. The highest BCUT2D eigenvalue weighted by atomic mass is 19.1. The zero-order valence-electron chi connectivity index (χ0n) is 18.2. The lowest BCUT2D eigenvalue weighted by molar-refractivity contribution is -0.124. The molecule has 1 N–H and O–H groups in total. The van der Waals surface area contributed by atoms with Gasteiger partial charge in [0.25, 0.3) is 5.91 Å². The van der Waals surface area contributed by atoms with Crippen LogP contribution in [0.25, 0.3) is 0 Å². The Morgan fingerprint density at radius 3 is 2.09 bits per heavy atom. The Kier molecular flexibility index (Phi) is 6.53. The standard InChI is InChI=1S/C25H21F2N3O4/c1-34-21-12-10-20(11-13-21)30-24(32)22(14-23(31)28-19-8-6-18(27)7-9-19)29(25(30)33)15-16-2-4-17(26)5-3-16/h2-13,22H,14-15H2,1H3,(H,28,31). The molecule has 0 aromatic heterocycles. The number of ether oxygens (including phenoxy) is 1. The zero-order valence-corrected chi connectivity index (χ0v) is 18.2. The van der Waals surface area contributed by atoms with Gasteiger partial charge in [-0.2, -0.15) is 0 Å². The second kappa shape index (κ2) is 9.70. The first-order valence-electron chi connectivity index (χ1n) is 10.4. The SMILES string of the molecule is COc1ccc(N2C(=O)C(CC(=O)Nc3ccc(F)cc3)N(Cc3ccc(F)cc3)C2=O)cc1. The summed E-state index contributed by atoms with van der Waals surface area (Å²) in [6.07, 6.45) is -0.310. The number of hydrogen-bond acceptors (Lipinski definition) is 4. The topological polar surface area (TPSA) is 79.0 Å². The van der Waals surface area contributed by atoms with Gasteiger partial charge >= 0.3 is 6.03 Å². The number of methoxy groups -OCH3 is 1. The van der Waals surface area contributed by atoms with Crippen LogP contribution in [0.1, 0.15) is 12.0 Å². The molecule has 4 rings (SSSR count). The smallest absolute Gasteiger partial charge is 0.332 e. The summed E-state index contributed by atoms with van der Waals surface area (Å²) in [6.45, 7) is 0.00596. The highest BCUT2D eigenvalue weighted by molar-refractivity contribution is 6.22. The van der Waals surface area contributed by atoms with E-state index in [-0.39, 0.29) is 13.0 Å². The summed E-state index contributed by atoms with van der Waals surface area (Å²) < 4.78 is 31.6. The molecule has 3 aromatic rings. The number of amides is 4. The highest BCUT2D eigenvalue weighted by Crippen LogP contribution is 2.30. The van der Waals surface area contributed by atoms with Crippen LogP contribution in [0.2, 0.25) is 0 Å². The Morgan fingerprint density at radius 1 is 0.912 bits per heavy atom. The van der Waals surface area contributed by atoms with Crippen molar-refractivity contribution in [2.45, 2.75) is 19.0 Å². The summed E-state index contributed by atoms with van der Waals surface area (Å²) in [5.74, 6) is -1.40. The van der Waals surface area contributed by atoms with Crippen LogP contribution in [0.5, 0.6) is 5.75 Å². The van der Waals surface area contributed by atoms with Crippen molar-refractivity contribution in [1.82, 2.24) is 4.90 Å². The van der Waals surface area contributed by atoms with Gasteiger partial charge in [0.1, 0.15) is 23.4 Å². The van der Waals surface area contributed by atoms with Gasteiger partial charge in [-0.15, -0.1) is 0 Å². The molecule has 4 amide bonds. The largest absolute Gasteiger partial charge is 0.497 e. The lowest BCUT2D eigenvalue weighted by Gasteiger charge is -2.21. The fourth-order valence-electron chi connectivity index (χ4n) is 3.69. The Balaban J connectivity index is 1.59. The third-order valence-electron chi connectivity index (χ3n) is 5.42. The molecule has 1 fully saturated rings. The molecule has 1 saturated heterocycles. The first kappa shape index (κ1) is 22.9. The molecular formula is C25H21F2N3O4. The van der Waals surface area contributed by atoms with Crippen LogP contribution in [-0.4, -0.2) is 35.9 Å². The van der Waals surface area contributed by atoms with Crippen molar-refractivity contribution >= 4 is 29.2 Å². The number of rotatable bonds is 7. The Bertz CT molecular complexity index is 1200. The normalized spacial score (nSPS) is 15.6. The van der Waals surface area contributed by atoms with E-state index in [1.165, 1.54) is 60.5 Å². The average Bonchev–Trinajstić information content (AvgIpc) is 3.06. The molecule has 174 valence electrons. The first-order chi connectivity index (χ1) is 16.4. The number of nitrogens with one attached hydrogen (secondary N) is 1. The second-order valence-corrected chi connectivity index (χ2v) is 7.68. The van der Waals surface area contributed by atoms with Gasteiger partial charge < -0.3 is 15.0 Å². The van der Waals surface area contributed by atoms with Crippen LogP contribution in [-0.2, 0) is 16.1 Å². The van der Waals surface area contributed by atoms with E-state index in [2.05, 4.69) is 5.32 Å². The molecule has 9 heteroatoms. The van der Waals surface area contributed by atoms with Gasteiger partial charge in [-0.1, -0.05) is 12.1 Å². The summed E-state index contributed by atoms with van der Waals surface area (Å²) >= 11 is 0. The van der Waals surface area contributed by atoms with Crippen molar-refractivity contribution in [2.24, 2.45) is 0 Å². The molecule has 0 saturated carbocycles. The van der Waals surface area contributed by atoms with Crippen molar-refractivity contribution in [3.63, 3.8) is 0 Å². The third-order valence-corrected chi connectivity index (χ3v) is 5.42. The van der Waals surface area contributed by atoms with Crippen LogP contribution >= 0.6 is 0 Å². The first-order valence-corrected chi connectivity index (χ1v) is 10.4. The Hall–Kier alpha value is -4.27. The van der Waals surface area contributed by atoms with Crippen LogP contribution in [0.15, 0.2) is 72.8 Å². The number of halogens is 2.